The van der Waals surface area contributed by atoms with E-state index in [4.69, 9.17) is 9.15 Å². The van der Waals surface area contributed by atoms with E-state index in [-0.39, 0.29) is 17.9 Å². The molecule has 1 aromatic carbocycles. The fourth-order valence-corrected chi connectivity index (χ4v) is 3.47. The number of ether oxygens (including phenoxy) is 1. The first-order valence-corrected chi connectivity index (χ1v) is 8.97. The number of Topliss-reactive ketones (excluding diaryl/α,β-unsaturated/α-hetero) is 1. The fourth-order valence-electron chi connectivity index (χ4n) is 3.47. The Bertz CT molecular complexity index is 1070. The van der Waals surface area contributed by atoms with E-state index in [1.165, 1.54) is 24.3 Å². The van der Waals surface area contributed by atoms with E-state index in [1.807, 2.05) is 6.07 Å². The molecule has 0 spiro atoms. The number of ketones is 1. The van der Waals surface area contributed by atoms with E-state index in [9.17, 15) is 14.7 Å². The number of amides is 1. The first-order chi connectivity index (χ1) is 14.1. The van der Waals surface area contributed by atoms with Crippen LogP contribution in [0.4, 0.5) is 0 Å². The van der Waals surface area contributed by atoms with E-state index < -0.39 is 23.5 Å². The number of carbonyl (C=O) groups is 2. The number of pyridine rings is 1. The molecule has 3 aromatic rings. The highest BCUT2D eigenvalue weighted by Gasteiger charge is 2.45. The Morgan fingerprint density at radius 1 is 1.17 bits per heavy atom. The molecule has 0 saturated carbocycles. The van der Waals surface area contributed by atoms with Crippen LogP contribution >= 0.6 is 0 Å². The summed E-state index contributed by atoms with van der Waals surface area (Å²) in [6, 6.07) is 14.6. The summed E-state index contributed by atoms with van der Waals surface area (Å²) < 4.78 is 10.7. The Balaban J connectivity index is 1.84. The average molecular weight is 390 g/mol. The zero-order chi connectivity index (χ0) is 20.4. The summed E-state index contributed by atoms with van der Waals surface area (Å²) in [5.41, 5.74) is 1.16. The molecule has 1 aliphatic heterocycles. The lowest BCUT2D eigenvalue weighted by Gasteiger charge is -2.27. The molecule has 3 heterocycles. The number of benzene rings is 1. The lowest BCUT2D eigenvalue weighted by Crippen LogP contribution is -2.31. The molecule has 0 aliphatic carbocycles. The summed E-state index contributed by atoms with van der Waals surface area (Å²) in [6.45, 7) is 0.112. The van der Waals surface area contributed by atoms with Gasteiger partial charge in [0.15, 0.2) is 11.5 Å². The molecule has 2 aromatic heterocycles. The molecule has 0 fully saturated rings. The van der Waals surface area contributed by atoms with Crippen LogP contribution in [0.25, 0.3) is 0 Å². The van der Waals surface area contributed by atoms with Gasteiger partial charge in [0, 0.05) is 11.8 Å². The minimum Gasteiger partial charge on any atom is -0.503 e. The van der Waals surface area contributed by atoms with Gasteiger partial charge in [0.1, 0.15) is 5.75 Å². The van der Waals surface area contributed by atoms with Crippen molar-refractivity contribution in [3.63, 3.8) is 0 Å². The summed E-state index contributed by atoms with van der Waals surface area (Å²) in [4.78, 5) is 31.7. The van der Waals surface area contributed by atoms with Gasteiger partial charge in [-0.3, -0.25) is 14.6 Å². The molecule has 1 amide bonds. The van der Waals surface area contributed by atoms with Crippen LogP contribution in [0.5, 0.6) is 5.75 Å². The molecule has 1 aliphatic rings. The van der Waals surface area contributed by atoms with Gasteiger partial charge in [-0.2, -0.15) is 0 Å². The topological polar surface area (TPSA) is 92.9 Å². The van der Waals surface area contributed by atoms with E-state index >= 15 is 0 Å². The van der Waals surface area contributed by atoms with Gasteiger partial charge in [-0.05, 0) is 30.3 Å². The van der Waals surface area contributed by atoms with E-state index in [0.717, 1.165) is 0 Å². The van der Waals surface area contributed by atoms with Crippen molar-refractivity contribution in [1.82, 2.24) is 9.88 Å². The van der Waals surface area contributed by atoms with Crippen molar-refractivity contribution >= 4 is 11.7 Å². The standard InChI is InChI=1S/C22H18N2O5/c1-28-16-9-3-2-8-15(16)19-18(20(25)17-10-6-12-29-17)21(26)22(27)24(19)13-14-7-4-5-11-23-14/h2-12,19,26H,13H2,1H3. The molecule has 0 bridgehead atoms. The van der Waals surface area contributed by atoms with Gasteiger partial charge in [0.25, 0.3) is 5.91 Å². The predicted molar refractivity (Wildman–Crippen MR) is 103 cm³/mol. The third-order valence-electron chi connectivity index (χ3n) is 4.79. The van der Waals surface area contributed by atoms with Gasteiger partial charge in [0.2, 0.25) is 5.78 Å². The molecule has 146 valence electrons. The number of nitrogens with zero attached hydrogens (tertiary/aromatic N) is 2. The summed E-state index contributed by atoms with van der Waals surface area (Å²) in [5, 5.41) is 10.6. The second kappa shape index (κ2) is 7.63. The minimum atomic E-state index is -0.849. The molecule has 4 rings (SSSR count). The van der Waals surface area contributed by atoms with Gasteiger partial charge in [-0.25, -0.2) is 0 Å². The van der Waals surface area contributed by atoms with Crippen molar-refractivity contribution in [3.8, 4) is 5.75 Å². The molecule has 7 nitrogen and oxygen atoms in total. The monoisotopic (exact) mass is 390 g/mol. The lowest BCUT2D eigenvalue weighted by atomic mass is 9.94. The van der Waals surface area contributed by atoms with Crippen molar-refractivity contribution in [3.05, 3.63) is 95.4 Å². The maximum absolute atomic E-state index is 13.1. The molecule has 1 unspecified atom stereocenters. The number of carbonyl (C=O) groups excluding carboxylic acids is 2. The average Bonchev–Trinajstić information content (AvgIpc) is 3.37. The van der Waals surface area contributed by atoms with E-state index in [1.54, 1.807) is 48.7 Å². The Morgan fingerprint density at radius 2 is 1.97 bits per heavy atom. The number of aliphatic hydroxyl groups is 1. The number of hydrogen-bond donors (Lipinski definition) is 1. The Hall–Kier alpha value is -3.87. The first kappa shape index (κ1) is 18.5. The van der Waals surface area contributed by atoms with Crippen LogP contribution in [0.15, 0.2) is 82.8 Å². The minimum absolute atomic E-state index is 0.0407. The number of aromatic nitrogens is 1. The molecule has 7 heteroatoms. The zero-order valence-electron chi connectivity index (χ0n) is 15.6. The number of para-hydroxylation sites is 1. The quantitative estimate of drug-likeness (QED) is 0.648. The van der Waals surface area contributed by atoms with Crippen molar-refractivity contribution < 1.29 is 23.8 Å². The van der Waals surface area contributed by atoms with Crippen molar-refractivity contribution in [2.24, 2.45) is 0 Å². The maximum Gasteiger partial charge on any atom is 0.290 e. The number of aliphatic hydroxyl groups excluding tert-OH is 1. The number of furan rings is 1. The van der Waals surface area contributed by atoms with Crippen molar-refractivity contribution in [1.29, 1.82) is 0 Å². The SMILES string of the molecule is COc1ccccc1C1C(C(=O)c2ccco2)=C(O)C(=O)N1Cc1ccccn1. The van der Waals surface area contributed by atoms with Crippen LogP contribution in [0.2, 0.25) is 0 Å². The van der Waals surface area contributed by atoms with Crippen LogP contribution in [0.3, 0.4) is 0 Å². The number of methoxy groups -OCH3 is 1. The van der Waals surface area contributed by atoms with Gasteiger partial charge in [-0.15, -0.1) is 0 Å². The molecule has 0 radical (unpaired) electrons. The normalized spacial score (nSPS) is 16.4. The first-order valence-electron chi connectivity index (χ1n) is 8.97. The van der Waals surface area contributed by atoms with Crippen molar-refractivity contribution in [2.75, 3.05) is 7.11 Å². The van der Waals surface area contributed by atoms with Crippen LogP contribution in [0.1, 0.15) is 27.9 Å². The fraction of sp³-hybridized carbons (Fsp3) is 0.136. The lowest BCUT2D eigenvalue weighted by molar-refractivity contribution is -0.130. The maximum atomic E-state index is 13.1. The van der Waals surface area contributed by atoms with Crippen LogP contribution in [-0.2, 0) is 11.3 Å². The molecular weight excluding hydrogens is 372 g/mol. The number of hydrogen-bond acceptors (Lipinski definition) is 6. The summed E-state index contributed by atoms with van der Waals surface area (Å²) in [6.07, 6.45) is 2.99. The summed E-state index contributed by atoms with van der Waals surface area (Å²) in [7, 11) is 1.51. The van der Waals surface area contributed by atoms with Gasteiger partial charge < -0.3 is 19.2 Å². The van der Waals surface area contributed by atoms with Gasteiger partial charge in [0.05, 0.1) is 37.2 Å². The van der Waals surface area contributed by atoms with Crippen LogP contribution < -0.4 is 4.74 Å². The van der Waals surface area contributed by atoms with Crippen LogP contribution in [-0.4, -0.2) is 33.8 Å². The smallest absolute Gasteiger partial charge is 0.290 e. The Labute approximate surface area is 166 Å². The predicted octanol–water partition coefficient (Wildman–Crippen LogP) is 3.46. The zero-order valence-corrected chi connectivity index (χ0v) is 15.6. The Morgan fingerprint density at radius 3 is 2.66 bits per heavy atom. The second-order valence-electron chi connectivity index (χ2n) is 6.47. The Kier molecular flexibility index (Phi) is 4.87. The molecular formula is C22H18N2O5. The molecule has 29 heavy (non-hydrogen) atoms. The van der Waals surface area contributed by atoms with E-state index in [0.29, 0.717) is 17.0 Å². The van der Waals surface area contributed by atoms with E-state index in [2.05, 4.69) is 4.98 Å². The highest BCUT2D eigenvalue weighted by molar-refractivity contribution is 6.15. The van der Waals surface area contributed by atoms with Crippen molar-refractivity contribution in [2.45, 2.75) is 12.6 Å². The van der Waals surface area contributed by atoms with Crippen LogP contribution in [0, 0.1) is 0 Å². The third-order valence-corrected chi connectivity index (χ3v) is 4.79. The highest BCUT2D eigenvalue weighted by atomic mass is 16.5. The molecule has 0 saturated heterocycles. The molecule has 1 N–H and O–H groups in total. The largest absolute Gasteiger partial charge is 0.503 e. The third kappa shape index (κ3) is 3.27. The van der Waals surface area contributed by atoms with Gasteiger partial charge in [-0.1, -0.05) is 24.3 Å². The number of rotatable bonds is 6. The summed E-state index contributed by atoms with van der Waals surface area (Å²) in [5.74, 6) is -1.27. The summed E-state index contributed by atoms with van der Waals surface area (Å²) >= 11 is 0. The van der Waals surface area contributed by atoms with Gasteiger partial charge >= 0.3 is 0 Å². The second-order valence-corrected chi connectivity index (χ2v) is 6.47. The highest BCUT2D eigenvalue weighted by Crippen LogP contribution is 2.42. The molecule has 1 atom stereocenters.